The molecule has 3 N–H and O–H groups in total. The van der Waals surface area contributed by atoms with Crippen molar-refractivity contribution in [3.63, 3.8) is 0 Å². The number of amides is 2. The van der Waals surface area contributed by atoms with Gasteiger partial charge in [-0.3, -0.25) is 0 Å². The number of hydrogen-bond donors (Lipinski definition) is 3. The molecule has 0 radical (unpaired) electrons. The monoisotopic (exact) mass is 339 g/mol. The summed E-state index contributed by atoms with van der Waals surface area (Å²) in [6.07, 6.45) is 0.924. The van der Waals surface area contributed by atoms with E-state index in [-0.39, 0.29) is 19.2 Å². The van der Waals surface area contributed by atoms with Crippen LogP contribution in [0.1, 0.15) is 6.42 Å². The van der Waals surface area contributed by atoms with E-state index in [0.29, 0.717) is 18.8 Å². The van der Waals surface area contributed by atoms with Crippen molar-refractivity contribution in [2.24, 2.45) is 0 Å². The average molecular weight is 339 g/mol. The summed E-state index contributed by atoms with van der Waals surface area (Å²) in [6, 6.07) is 8.25. The number of benzene rings is 1. The van der Waals surface area contributed by atoms with Gasteiger partial charge < -0.3 is 25.3 Å². The highest BCUT2D eigenvalue weighted by atomic mass is 32.2. The Labute approximate surface area is 141 Å². The second kappa shape index (κ2) is 9.64. The molecule has 6 nitrogen and oxygen atoms in total. The molecule has 1 saturated heterocycles. The summed E-state index contributed by atoms with van der Waals surface area (Å²) >= 11 is 1.64. The Morgan fingerprint density at radius 1 is 1.09 bits per heavy atom. The van der Waals surface area contributed by atoms with Crippen LogP contribution in [0.4, 0.5) is 10.5 Å². The number of hydrogen-bond acceptors (Lipinski definition) is 5. The van der Waals surface area contributed by atoms with E-state index >= 15 is 0 Å². The number of carbonyl (C=O) groups excluding carboxylic acids is 1. The van der Waals surface area contributed by atoms with Gasteiger partial charge >= 0.3 is 6.03 Å². The molecule has 2 amide bonds. The van der Waals surface area contributed by atoms with Crippen molar-refractivity contribution in [2.75, 3.05) is 56.6 Å². The van der Waals surface area contributed by atoms with Crippen molar-refractivity contribution in [3.05, 3.63) is 24.3 Å². The Morgan fingerprint density at radius 2 is 1.87 bits per heavy atom. The van der Waals surface area contributed by atoms with Gasteiger partial charge in [0.25, 0.3) is 0 Å². The molecule has 1 fully saturated rings. The Morgan fingerprint density at radius 3 is 2.57 bits per heavy atom. The largest absolute Gasteiger partial charge is 0.396 e. The molecule has 23 heavy (non-hydrogen) atoms. The van der Waals surface area contributed by atoms with E-state index in [0.717, 1.165) is 36.6 Å². The number of rotatable bonds is 6. The molecule has 0 saturated carbocycles. The smallest absolute Gasteiger partial charge is 0.317 e. The van der Waals surface area contributed by atoms with Crippen LogP contribution in [0.25, 0.3) is 0 Å². The zero-order chi connectivity index (χ0) is 16.5. The normalized spacial score (nSPS) is 15.4. The van der Waals surface area contributed by atoms with Gasteiger partial charge in [0.15, 0.2) is 0 Å². The highest BCUT2D eigenvalue weighted by molar-refractivity contribution is 7.99. The lowest BCUT2D eigenvalue weighted by Crippen LogP contribution is -2.42. The van der Waals surface area contributed by atoms with E-state index in [1.54, 1.807) is 16.7 Å². The molecule has 0 bridgehead atoms. The van der Waals surface area contributed by atoms with Crippen molar-refractivity contribution in [2.45, 2.75) is 11.3 Å². The molecule has 0 aliphatic carbocycles. The molecular weight excluding hydrogens is 314 g/mol. The Kier molecular flexibility index (Phi) is 7.51. The maximum atomic E-state index is 12.0. The van der Waals surface area contributed by atoms with Crippen LogP contribution in [0, 0.1) is 0 Å². The summed E-state index contributed by atoms with van der Waals surface area (Å²) in [5.41, 5.74) is 1.16. The SMILES string of the molecule is O=C(NCCO)N1CCCN(c2ccc(SCCO)cc2)CC1. The van der Waals surface area contributed by atoms with E-state index in [2.05, 4.69) is 34.5 Å². The fourth-order valence-electron chi connectivity index (χ4n) is 2.57. The Hall–Kier alpha value is -1.44. The number of carbonyl (C=O) groups is 1. The summed E-state index contributed by atoms with van der Waals surface area (Å²) in [7, 11) is 0. The first kappa shape index (κ1) is 17.9. The van der Waals surface area contributed by atoms with Gasteiger partial charge in [-0.1, -0.05) is 0 Å². The number of nitrogens with one attached hydrogen (secondary N) is 1. The van der Waals surface area contributed by atoms with E-state index < -0.39 is 0 Å². The van der Waals surface area contributed by atoms with Crippen LogP contribution >= 0.6 is 11.8 Å². The minimum absolute atomic E-state index is 0.0354. The fourth-order valence-corrected chi connectivity index (χ4v) is 3.23. The maximum absolute atomic E-state index is 12.0. The van der Waals surface area contributed by atoms with Crippen LogP contribution in [-0.2, 0) is 0 Å². The minimum Gasteiger partial charge on any atom is -0.396 e. The average Bonchev–Trinajstić information content (AvgIpc) is 2.84. The van der Waals surface area contributed by atoms with Crippen LogP contribution in [0.15, 0.2) is 29.2 Å². The predicted octanol–water partition coefficient (Wildman–Crippen LogP) is 0.985. The van der Waals surface area contributed by atoms with Crippen LogP contribution < -0.4 is 10.2 Å². The highest BCUT2D eigenvalue weighted by Gasteiger charge is 2.18. The topological polar surface area (TPSA) is 76.0 Å². The van der Waals surface area contributed by atoms with Crippen molar-refractivity contribution in [1.29, 1.82) is 0 Å². The first-order valence-corrected chi connectivity index (χ1v) is 8.95. The van der Waals surface area contributed by atoms with E-state index in [9.17, 15) is 4.79 Å². The minimum atomic E-state index is -0.100. The number of nitrogens with zero attached hydrogens (tertiary/aromatic N) is 2. The Balaban J connectivity index is 1.88. The zero-order valence-electron chi connectivity index (χ0n) is 13.3. The van der Waals surface area contributed by atoms with Gasteiger partial charge in [-0.2, -0.15) is 0 Å². The third-order valence-electron chi connectivity index (χ3n) is 3.73. The molecule has 0 spiro atoms. The second-order valence-electron chi connectivity index (χ2n) is 5.35. The van der Waals surface area contributed by atoms with Gasteiger partial charge in [0.05, 0.1) is 13.2 Å². The highest BCUT2D eigenvalue weighted by Crippen LogP contribution is 2.23. The molecule has 1 aromatic carbocycles. The second-order valence-corrected chi connectivity index (χ2v) is 6.52. The lowest BCUT2D eigenvalue weighted by molar-refractivity contribution is 0.197. The first-order valence-electron chi connectivity index (χ1n) is 7.97. The summed E-state index contributed by atoms with van der Waals surface area (Å²) in [6.45, 7) is 3.59. The third-order valence-corrected chi connectivity index (χ3v) is 4.73. The number of aliphatic hydroxyl groups excluding tert-OH is 2. The quantitative estimate of drug-likeness (QED) is 0.674. The van der Waals surface area contributed by atoms with Gasteiger partial charge in [-0.05, 0) is 30.7 Å². The lowest BCUT2D eigenvalue weighted by Gasteiger charge is -2.24. The molecule has 0 unspecified atom stereocenters. The zero-order valence-corrected chi connectivity index (χ0v) is 14.1. The summed E-state index contributed by atoms with van der Waals surface area (Å²) < 4.78 is 0. The number of thioether (sulfide) groups is 1. The molecule has 1 aliphatic heterocycles. The molecule has 1 heterocycles. The molecule has 7 heteroatoms. The Bertz CT molecular complexity index is 484. The van der Waals surface area contributed by atoms with Crippen molar-refractivity contribution in [3.8, 4) is 0 Å². The third kappa shape index (κ3) is 5.60. The fraction of sp³-hybridized carbons (Fsp3) is 0.562. The molecule has 2 rings (SSSR count). The van der Waals surface area contributed by atoms with Crippen LogP contribution in [0.2, 0.25) is 0 Å². The maximum Gasteiger partial charge on any atom is 0.317 e. The van der Waals surface area contributed by atoms with Crippen LogP contribution in [0.3, 0.4) is 0 Å². The number of aliphatic hydroxyl groups is 2. The van der Waals surface area contributed by atoms with Gasteiger partial charge in [0.1, 0.15) is 0 Å². The first-order chi connectivity index (χ1) is 11.2. The van der Waals surface area contributed by atoms with E-state index in [1.165, 1.54) is 0 Å². The molecule has 0 aromatic heterocycles. The standard InChI is InChI=1S/C16H25N3O3S/c20-11-6-17-16(22)19-8-1-7-18(9-10-19)14-2-4-15(5-3-14)23-13-12-21/h2-5,20-21H,1,6-13H2,(H,17,22). The number of urea groups is 1. The van der Waals surface area contributed by atoms with Gasteiger partial charge in [-0.25, -0.2) is 4.79 Å². The molecule has 1 aromatic rings. The number of anilines is 1. The van der Waals surface area contributed by atoms with E-state index in [4.69, 9.17) is 10.2 Å². The molecule has 128 valence electrons. The summed E-state index contributed by atoms with van der Waals surface area (Å²) in [5, 5.41) is 20.3. The van der Waals surface area contributed by atoms with Crippen LogP contribution in [-0.4, -0.2) is 72.8 Å². The van der Waals surface area contributed by atoms with Crippen molar-refractivity contribution in [1.82, 2.24) is 10.2 Å². The van der Waals surface area contributed by atoms with Gasteiger partial charge in [0.2, 0.25) is 0 Å². The molecule has 1 aliphatic rings. The van der Waals surface area contributed by atoms with Gasteiger partial charge in [0, 0.05) is 49.1 Å². The van der Waals surface area contributed by atoms with Crippen molar-refractivity contribution < 1.29 is 15.0 Å². The predicted molar refractivity (Wildman–Crippen MR) is 93.1 cm³/mol. The van der Waals surface area contributed by atoms with Crippen LogP contribution in [0.5, 0.6) is 0 Å². The lowest BCUT2D eigenvalue weighted by atomic mass is 10.2. The molecule has 0 atom stereocenters. The van der Waals surface area contributed by atoms with Crippen molar-refractivity contribution >= 4 is 23.5 Å². The van der Waals surface area contributed by atoms with E-state index in [1.807, 2.05) is 0 Å². The summed E-state index contributed by atoms with van der Waals surface area (Å²) in [5.74, 6) is 0.709. The molecular formula is C16H25N3O3S. The van der Waals surface area contributed by atoms with Gasteiger partial charge in [-0.15, -0.1) is 11.8 Å². The summed E-state index contributed by atoms with van der Waals surface area (Å²) in [4.78, 5) is 17.2.